The van der Waals surface area contributed by atoms with Gasteiger partial charge in [0.25, 0.3) is 0 Å². The molecule has 0 amide bonds. The van der Waals surface area contributed by atoms with E-state index in [9.17, 15) is 0 Å². The van der Waals surface area contributed by atoms with Crippen LogP contribution in [0, 0.1) is 6.92 Å². The fraction of sp³-hybridized carbons (Fsp3) is 0.294. The van der Waals surface area contributed by atoms with Crippen LogP contribution < -0.4 is 5.32 Å². The summed E-state index contributed by atoms with van der Waals surface area (Å²) in [6, 6.07) is 14.9. The van der Waals surface area contributed by atoms with Crippen molar-refractivity contribution in [3.8, 4) is 0 Å². The average molecular weight is 353 g/mol. The average Bonchev–Trinajstić information content (AvgIpc) is 2.41. The Labute approximate surface area is 134 Å². The summed E-state index contributed by atoms with van der Waals surface area (Å²) in [5, 5.41) is 4.23. The molecule has 0 aliphatic carbocycles. The first-order valence-corrected chi connectivity index (χ1v) is 7.99. The lowest BCUT2D eigenvalue weighted by atomic mass is 10.0. The molecule has 0 spiro atoms. The van der Waals surface area contributed by atoms with Gasteiger partial charge in [-0.25, -0.2) is 0 Å². The van der Waals surface area contributed by atoms with E-state index < -0.39 is 0 Å². The number of anilines is 1. The first-order valence-electron chi connectivity index (χ1n) is 6.82. The third-order valence-electron chi connectivity index (χ3n) is 3.28. The molecule has 2 aromatic carbocycles. The van der Waals surface area contributed by atoms with E-state index in [0.717, 1.165) is 28.0 Å². The summed E-state index contributed by atoms with van der Waals surface area (Å²) in [4.78, 5) is 0. The Morgan fingerprint density at radius 2 is 2.00 bits per heavy atom. The molecule has 0 heterocycles. The van der Waals surface area contributed by atoms with Crippen LogP contribution in [0.4, 0.5) is 5.69 Å². The van der Waals surface area contributed by atoms with Crippen LogP contribution in [0.25, 0.3) is 0 Å². The lowest BCUT2D eigenvalue weighted by molar-refractivity contribution is 0.706. The molecule has 0 bridgehead atoms. The minimum absolute atomic E-state index is 0.377. The van der Waals surface area contributed by atoms with Crippen LogP contribution in [-0.4, -0.2) is 6.04 Å². The summed E-state index contributed by atoms with van der Waals surface area (Å²) in [6.45, 7) is 4.32. The molecule has 0 radical (unpaired) electrons. The summed E-state index contributed by atoms with van der Waals surface area (Å²) < 4.78 is 1.04. The molecule has 2 aromatic rings. The Balaban J connectivity index is 1.92. The highest BCUT2D eigenvalue weighted by Gasteiger charge is 2.06. The van der Waals surface area contributed by atoms with Crippen molar-refractivity contribution in [1.29, 1.82) is 0 Å². The van der Waals surface area contributed by atoms with Crippen LogP contribution >= 0.6 is 27.5 Å². The standard InChI is InChI=1S/C17H19BrClN/c1-12-4-3-5-14(10-12)7-6-13(2)20-17-11-15(18)8-9-16(17)19/h3-5,8-11,13,20H,6-7H2,1-2H3. The molecule has 3 heteroatoms. The smallest absolute Gasteiger partial charge is 0.0638 e. The Kier molecular flexibility index (Phi) is 5.50. The van der Waals surface area contributed by atoms with E-state index in [-0.39, 0.29) is 0 Å². The van der Waals surface area contributed by atoms with Crippen LogP contribution in [0.3, 0.4) is 0 Å². The topological polar surface area (TPSA) is 12.0 Å². The monoisotopic (exact) mass is 351 g/mol. The number of hydrogen-bond acceptors (Lipinski definition) is 1. The summed E-state index contributed by atoms with van der Waals surface area (Å²) in [6.07, 6.45) is 2.15. The minimum Gasteiger partial charge on any atom is -0.381 e. The van der Waals surface area contributed by atoms with E-state index in [4.69, 9.17) is 11.6 Å². The van der Waals surface area contributed by atoms with Crippen molar-refractivity contribution in [3.05, 3.63) is 63.1 Å². The fourth-order valence-electron chi connectivity index (χ4n) is 2.20. The third-order valence-corrected chi connectivity index (χ3v) is 4.10. The highest BCUT2D eigenvalue weighted by Crippen LogP contribution is 2.26. The largest absolute Gasteiger partial charge is 0.381 e. The van der Waals surface area contributed by atoms with Crippen molar-refractivity contribution in [2.75, 3.05) is 5.32 Å². The normalized spacial score (nSPS) is 12.2. The van der Waals surface area contributed by atoms with Gasteiger partial charge in [-0.05, 0) is 50.5 Å². The summed E-state index contributed by atoms with van der Waals surface area (Å²) >= 11 is 9.67. The first-order chi connectivity index (χ1) is 9.54. The molecule has 0 aromatic heterocycles. The molecule has 1 atom stereocenters. The SMILES string of the molecule is Cc1cccc(CCC(C)Nc2cc(Br)ccc2Cl)c1. The van der Waals surface area contributed by atoms with Gasteiger partial charge >= 0.3 is 0 Å². The second-order valence-electron chi connectivity index (χ2n) is 5.20. The molecule has 2 rings (SSSR count). The maximum Gasteiger partial charge on any atom is 0.0638 e. The lowest BCUT2D eigenvalue weighted by Crippen LogP contribution is -2.16. The predicted molar refractivity (Wildman–Crippen MR) is 91.7 cm³/mol. The molecule has 0 aliphatic rings. The van der Waals surface area contributed by atoms with E-state index in [1.54, 1.807) is 0 Å². The number of benzene rings is 2. The molecule has 20 heavy (non-hydrogen) atoms. The van der Waals surface area contributed by atoms with Gasteiger partial charge in [0.05, 0.1) is 10.7 Å². The van der Waals surface area contributed by atoms with Gasteiger partial charge in [-0.2, -0.15) is 0 Å². The van der Waals surface area contributed by atoms with Crippen LogP contribution in [-0.2, 0) is 6.42 Å². The quantitative estimate of drug-likeness (QED) is 0.712. The number of halogens is 2. The number of hydrogen-bond donors (Lipinski definition) is 1. The lowest BCUT2D eigenvalue weighted by Gasteiger charge is -2.16. The van der Waals surface area contributed by atoms with Crippen LogP contribution in [0.2, 0.25) is 5.02 Å². The first kappa shape index (κ1) is 15.4. The molecule has 1 nitrogen and oxygen atoms in total. The van der Waals surface area contributed by atoms with Crippen molar-refractivity contribution >= 4 is 33.2 Å². The highest BCUT2D eigenvalue weighted by molar-refractivity contribution is 9.10. The molecule has 0 saturated heterocycles. The molecule has 0 fully saturated rings. The van der Waals surface area contributed by atoms with Gasteiger partial charge in [0, 0.05) is 10.5 Å². The van der Waals surface area contributed by atoms with E-state index in [1.165, 1.54) is 11.1 Å². The number of rotatable bonds is 5. The zero-order valence-corrected chi connectivity index (χ0v) is 14.1. The van der Waals surface area contributed by atoms with Gasteiger partial charge in [-0.1, -0.05) is 57.4 Å². The zero-order chi connectivity index (χ0) is 14.5. The summed E-state index contributed by atoms with van der Waals surface area (Å²) in [5.41, 5.74) is 3.69. The second kappa shape index (κ2) is 7.14. The fourth-order valence-corrected chi connectivity index (χ4v) is 2.73. The van der Waals surface area contributed by atoms with Crippen LogP contribution in [0.15, 0.2) is 46.9 Å². The Hall–Kier alpha value is -0.990. The molecule has 106 valence electrons. The molecule has 0 saturated carbocycles. The molecular formula is C17H19BrClN. The third kappa shape index (κ3) is 4.53. The van der Waals surface area contributed by atoms with Crippen molar-refractivity contribution in [3.63, 3.8) is 0 Å². The van der Waals surface area contributed by atoms with Gasteiger partial charge in [0.15, 0.2) is 0 Å². The highest BCUT2D eigenvalue weighted by atomic mass is 79.9. The molecule has 1 N–H and O–H groups in total. The van der Waals surface area contributed by atoms with Crippen molar-refractivity contribution in [2.24, 2.45) is 0 Å². The number of aryl methyl sites for hydroxylation is 2. The van der Waals surface area contributed by atoms with Gasteiger partial charge in [0.2, 0.25) is 0 Å². The summed E-state index contributed by atoms with van der Waals surface area (Å²) in [5.74, 6) is 0. The zero-order valence-electron chi connectivity index (χ0n) is 11.8. The Morgan fingerprint density at radius 1 is 1.20 bits per heavy atom. The molecule has 0 aliphatic heterocycles. The van der Waals surface area contributed by atoms with Crippen LogP contribution in [0.5, 0.6) is 0 Å². The van der Waals surface area contributed by atoms with Gasteiger partial charge in [0.1, 0.15) is 0 Å². The van der Waals surface area contributed by atoms with E-state index >= 15 is 0 Å². The van der Waals surface area contributed by atoms with Crippen molar-refractivity contribution in [2.45, 2.75) is 32.7 Å². The maximum absolute atomic E-state index is 6.19. The molecular weight excluding hydrogens is 334 g/mol. The summed E-state index contributed by atoms with van der Waals surface area (Å²) in [7, 11) is 0. The number of nitrogens with one attached hydrogen (secondary N) is 1. The van der Waals surface area contributed by atoms with Gasteiger partial charge in [-0.15, -0.1) is 0 Å². The Bertz CT molecular complexity index is 583. The van der Waals surface area contributed by atoms with Crippen molar-refractivity contribution < 1.29 is 0 Å². The Morgan fingerprint density at radius 3 is 2.75 bits per heavy atom. The minimum atomic E-state index is 0.377. The van der Waals surface area contributed by atoms with Crippen molar-refractivity contribution in [1.82, 2.24) is 0 Å². The van der Waals surface area contributed by atoms with E-state index in [1.807, 2.05) is 18.2 Å². The maximum atomic E-state index is 6.19. The van der Waals surface area contributed by atoms with Crippen LogP contribution in [0.1, 0.15) is 24.5 Å². The van der Waals surface area contributed by atoms with Gasteiger partial charge < -0.3 is 5.32 Å². The molecule has 1 unspecified atom stereocenters. The van der Waals surface area contributed by atoms with E-state index in [0.29, 0.717) is 6.04 Å². The van der Waals surface area contributed by atoms with Gasteiger partial charge in [-0.3, -0.25) is 0 Å². The predicted octanol–water partition coefficient (Wildman–Crippen LogP) is 5.84. The van der Waals surface area contributed by atoms with E-state index in [2.05, 4.69) is 59.4 Å². The second-order valence-corrected chi connectivity index (χ2v) is 6.52.